The topological polar surface area (TPSA) is 60.2 Å². The quantitative estimate of drug-likeness (QED) is 0.870. The van der Waals surface area contributed by atoms with Crippen LogP contribution in [0, 0.1) is 0 Å². The minimum Gasteiger partial charge on any atom is -0.472 e. The van der Waals surface area contributed by atoms with Gasteiger partial charge in [0.1, 0.15) is 25.3 Å². The van der Waals surface area contributed by atoms with Crippen LogP contribution >= 0.6 is 0 Å². The van der Waals surface area contributed by atoms with Crippen molar-refractivity contribution >= 4 is 17.6 Å². The van der Waals surface area contributed by atoms with E-state index in [1.54, 1.807) is 0 Å². The lowest BCUT2D eigenvalue weighted by Gasteiger charge is -2.03. The van der Waals surface area contributed by atoms with Crippen LogP contribution in [0.3, 0.4) is 0 Å². The van der Waals surface area contributed by atoms with Gasteiger partial charge in [-0.25, -0.2) is 9.98 Å². The van der Waals surface area contributed by atoms with Gasteiger partial charge in [-0.2, -0.15) is 0 Å². The first kappa shape index (κ1) is 14.6. The van der Waals surface area contributed by atoms with Gasteiger partial charge in [0.05, 0.1) is 0 Å². The average molecular weight is 320 g/mol. The molecule has 0 fully saturated rings. The van der Waals surface area contributed by atoms with E-state index < -0.39 is 0 Å². The molecule has 0 saturated heterocycles. The SMILES string of the molecule is O=C(C1=N[C@@H](c2ccccc2)CO1)C1=N[C@@H](c2ccccc2)CO1. The molecule has 0 unspecified atom stereocenters. The second-order valence-electron chi connectivity index (χ2n) is 5.67. The monoisotopic (exact) mass is 320 g/mol. The summed E-state index contributed by atoms with van der Waals surface area (Å²) >= 11 is 0. The zero-order valence-corrected chi connectivity index (χ0v) is 13.0. The zero-order chi connectivity index (χ0) is 16.4. The second kappa shape index (κ2) is 6.28. The number of hydrogen-bond acceptors (Lipinski definition) is 5. The van der Waals surface area contributed by atoms with Gasteiger partial charge in [0.25, 0.3) is 11.8 Å². The van der Waals surface area contributed by atoms with Crippen LogP contribution in [-0.4, -0.2) is 30.8 Å². The first-order valence-corrected chi connectivity index (χ1v) is 7.87. The molecule has 0 aromatic heterocycles. The number of aliphatic imine (C=N–C) groups is 2. The lowest BCUT2D eigenvalue weighted by atomic mass is 10.1. The molecule has 0 saturated carbocycles. The van der Waals surface area contributed by atoms with E-state index in [0.717, 1.165) is 11.1 Å². The van der Waals surface area contributed by atoms with Gasteiger partial charge in [0, 0.05) is 0 Å². The predicted octanol–water partition coefficient (Wildman–Crippen LogP) is 2.90. The Kier molecular flexibility index (Phi) is 3.83. The van der Waals surface area contributed by atoms with Gasteiger partial charge in [0.15, 0.2) is 0 Å². The van der Waals surface area contributed by atoms with Crippen LogP contribution in [0.1, 0.15) is 23.2 Å². The fraction of sp³-hybridized carbons (Fsp3) is 0.211. The normalized spacial score (nSPS) is 22.3. The number of Topliss-reactive ketones (excluding diaryl/α,β-unsaturated/α-hetero) is 1. The molecule has 24 heavy (non-hydrogen) atoms. The number of ketones is 1. The molecule has 120 valence electrons. The highest BCUT2D eigenvalue weighted by atomic mass is 16.5. The molecule has 0 spiro atoms. The number of nitrogens with zero attached hydrogens (tertiary/aromatic N) is 2. The standard InChI is InChI=1S/C19H16N2O3/c22-17(18-20-15(11-23-18)13-7-3-1-4-8-13)19-21-16(12-24-19)14-9-5-2-6-10-14/h1-10,15-16H,11-12H2/t15-,16-/m1/s1. The molecule has 0 bridgehead atoms. The Morgan fingerprint density at radius 3 is 1.58 bits per heavy atom. The van der Waals surface area contributed by atoms with Gasteiger partial charge < -0.3 is 9.47 Å². The zero-order valence-electron chi connectivity index (χ0n) is 13.0. The fourth-order valence-corrected chi connectivity index (χ4v) is 2.78. The van der Waals surface area contributed by atoms with E-state index in [1.807, 2.05) is 60.7 Å². The summed E-state index contributed by atoms with van der Waals surface area (Å²) in [5.74, 6) is -0.223. The summed E-state index contributed by atoms with van der Waals surface area (Å²) in [6.45, 7) is 0.723. The summed E-state index contributed by atoms with van der Waals surface area (Å²) < 4.78 is 10.9. The Bertz CT molecular complexity index is 732. The van der Waals surface area contributed by atoms with Gasteiger partial charge in [-0.1, -0.05) is 60.7 Å². The van der Waals surface area contributed by atoms with E-state index in [0.29, 0.717) is 13.2 Å². The van der Waals surface area contributed by atoms with Crippen LogP contribution in [0.25, 0.3) is 0 Å². The summed E-state index contributed by atoms with van der Waals surface area (Å²) in [6, 6.07) is 19.2. The highest BCUT2D eigenvalue weighted by Gasteiger charge is 2.33. The third kappa shape index (κ3) is 2.80. The Hall–Kier alpha value is -2.95. The Balaban J connectivity index is 1.50. The first-order chi connectivity index (χ1) is 11.8. The number of rotatable bonds is 4. The molecular weight excluding hydrogens is 304 g/mol. The van der Waals surface area contributed by atoms with Gasteiger partial charge in [-0.15, -0.1) is 0 Å². The molecule has 2 aromatic carbocycles. The first-order valence-electron chi connectivity index (χ1n) is 7.87. The molecule has 2 heterocycles. The molecule has 0 N–H and O–H groups in total. The molecule has 0 radical (unpaired) electrons. The molecule has 0 aliphatic carbocycles. The van der Waals surface area contributed by atoms with Gasteiger partial charge in [-0.05, 0) is 11.1 Å². The van der Waals surface area contributed by atoms with Crippen molar-refractivity contribution in [1.29, 1.82) is 0 Å². The van der Waals surface area contributed by atoms with Gasteiger partial charge in [-0.3, -0.25) is 4.79 Å². The second-order valence-corrected chi connectivity index (χ2v) is 5.67. The van der Waals surface area contributed by atoms with Gasteiger partial charge >= 0.3 is 5.78 Å². The van der Waals surface area contributed by atoms with E-state index in [1.165, 1.54) is 0 Å². The van der Waals surface area contributed by atoms with Crippen LogP contribution in [0.15, 0.2) is 70.6 Å². The number of carbonyl (C=O) groups is 1. The third-order valence-corrected chi connectivity index (χ3v) is 4.06. The van der Waals surface area contributed by atoms with Crippen LogP contribution in [0.2, 0.25) is 0 Å². The van der Waals surface area contributed by atoms with E-state index in [2.05, 4.69) is 9.98 Å². The van der Waals surface area contributed by atoms with Gasteiger partial charge in [0.2, 0.25) is 0 Å². The largest absolute Gasteiger partial charge is 0.472 e. The van der Waals surface area contributed by atoms with Crippen molar-refractivity contribution in [3.63, 3.8) is 0 Å². The molecular formula is C19H16N2O3. The summed E-state index contributed by atoms with van der Waals surface area (Å²) in [6.07, 6.45) is 0. The minimum absolute atomic E-state index is 0.0799. The smallest absolute Gasteiger partial charge is 0.301 e. The summed E-state index contributed by atoms with van der Waals surface area (Å²) in [5, 5.41) is 0. The molecule has 2 aliphatic rings. The van der Waals surface area contributed by atoms with Crippen molar-refractivity contribution < 1.29 is 14.3 Å². The minimum atomic E-state index is -0.383. The molecule has 0 amide bonds. The highest BCUT2D eigenvalue weighted by molar-refractivity contribution is 6.63. The number of carbonyl (C=O) groups excluding carboxylic acids is 1. The molecule has 2 atom stereocenters. The Labute approximate surface area is 139 Å². The molecule has 4 rings (SSSR count). The van der Waals surface area contributed by atoms with Crippen molar-refractivity contribution in [2.45, 2.75) is 12.1 Å². The lowest BCUT2D eigenvalue weighted by molar-refractivity contribution is -0.109. The number of ether oxygens (including phenoxy) is 2. The summed E-state index contributed by atoms with van der Waals surface area (Å²) in [4.78, 5) is 21.3. The van der Waals surface area contributed by atoms with E-state index in [9.17, 15) is 4.79 Å². The van der Waals surface area contributed by atoms with Crippen molar-refractivity contribution in [2.75, 3.05) is 13.2 Å². The van der Waals surface area contributed by atoms with Crippen molar-refractivity contribution in [3.8, 4) is 0 Å². The summed E-state index contributed by atoms with van der Waals surface area (Å²) in [5.41, 5.74) is 2.05. The Morgan fingerprint density at radius 1 is 0.750 bits per heavy atom. The maximum Gasteiger partial charge on any atom is 0.301 e. The maximum atomic E-state index is 12.5. The number of benzene rings is 2. The third-order valence-electron chi connectivity index (χ3n) is 4.06. The van der Waals surface area contributed by atoms with Crippen molar-refractivity contribution in [3.05, 3.63) is 71.8 Å². The Morgan fingerprint density at radius 2 is 1.17 bits per heavy atom. The van der Waals surface area contributed by atoms with Crippen molar-refractivity contribution in [1.82, 2.24) is 0 Å². The molecule has 2 aromatic rings. The van der Waals surface area contributed by atoms with Crippen LogP contribution in [0.5, 0.6) is 0 Å². The fourth-order valence-electron chi connectivity index (χ4n) is 2.78. The van der Waals surface area contributed by atoms with E-state index in [4.69, 9.17) is 9.47 Å². The van der Waals surface area contributed by atoms with E-state index >= 15 is 0 Å². The molecule has 2 aliphatic heterocycles. The maximum absolute atomic E-state index is 12.5. The molecule has 5 nitrogen and oxygen atoms in total. The van der Waals surface area contributed by atoms with Crippen LogP contribution < -0.4 is 0 Å². The van der Waals surface area contributed by atoms with Crippen LogP contribution in [-0.2, 0) is 14.3 Å². The van der Waals surface area contributed by atoms with Crippen molar-refractivity contribution in [2.24, 2.45) is 9.98 Å². The summed E-state index contributed by atoms with van der Waals surface area (Å²) in [7, 11) is 0. The number of hydrogen-bond donors (Lipinski definition) is 0. The molecule has 5 heteroatoms. The lowest BCUT2D eigenvalue weighted by Crippen LogP contribution is -2.24. The van der Waals surface area contributed by atoms with Crippen LogP contribution in [0.4, 0.5) is 0 Å². The van der Waals surface area contributed by atoms with E-state index in [-0.39, 0.29) is 29.7 Å². The highest BCUT2D eigenvalue weighted by Crippen LogP contribution is 2.26. The average Bonchev–Trinajstić information content (AvgIpc) is 3.33. The predicted molar refractivity (Wildman–Crippen MR) is 90.1 cm³/mol.